The van der Waals surface area contributed by atoms with E-state index < -0.39 is 0 Å². The fraction of sp³-hybridized carbons (Fsp3) is 0.455. The number of hydrogen-bond donors (Lipinski definition) is 0. The van der Waals surface area contributed by atoms with Crippen LogP contribution in [0.25, 0.3) is 0 Å². The SMILES string of the molecule is CSC[C@@H](C)C(=O)N(C)c1ccc(Cl)cn1. The third-order valence-corrected chi connectivity index (χ3v) is 3.28. The zero-order valence-electron chi connectivity index (χ0n) is 9.61. The zero-order chi connectivity index (χ0) is 12.1. The van der Waals surface area contributed by atoms with Crippen LogP contribution in [0.15, 0.2) is 18.3 Å². The van der Waals surface area contributed by atoms with Crippen LogP contribution in [0.4, 0.5) is 5.82 Å². The van der Waals surface area contributed by atoms with E-state index in [0.29, 0.717) is 10.8 Å². The van der Waals surface area contributed by atoms with Crippen molar-refractivity contribution in [2.75, 3.05) is 24.0 Å². The molecule has 0 aromatic carbocycles. The van der Waals surface area contributed by atoms with Crippen LogP contribution in [0.2, 0.25) is 5.02 Å². The van der Waals surface area contributed by atoms with Gasteiger partial charge >= 0.3 is 0 Å². The van der Waals surface area contributed by atoms with Gasteiger partial charge in [0.1, 0.15) is 5.82 Å². The molecule has 1 amide bonds. The number of pyridine rings is 1. The molecule has 0 aliphatic carbocycles. The minimum absolute atomic E-state index is 0.00234. The molecule has 0 saturated heterocycles. The number of nitrogens with zero attached hydrogens (tertiary/aromatic N) is 2. The molecule has 1 rings (SSSR count). The molecule has 88 valence electrons. The zero-order valence-corrected chi connectivity index (χ0v) is 11.2. The molecule has 3 nitrogen and oxygen atoms in total. The van der Waals surface area contributed by atoms with E-state index in [1.54, 1.807) is 42.0 Å². The van der Waals surface area contributed by atoms with Crippen LogP contribution in [0.5, 0.6) is 0 Å². The molecule has 0 fully saturated rings. The van der Waals surface area contributed by atoms with Gasteiger partial charge in [0.15, 0.2) is 0 Å². The van der Waals surface area contributed by atoms with Crippen molar-refractivity contribution in [1.29, 1.82) is 0 Å². The second kappa shape index (κ2) is 6.11. The number of rotatable bonds is 4. The number of anilines is 1. The Morgan fingerprint density at radius 1 is 1.62 bits per heavy atom. The first-order chi connectivity index (χ1) is 7.56. The molecule has 1 aromatic heterocycles. The maximum absolute atomic E-state index is 12.0. The van der Waals surface area contributed by atoms with Gasteiger partial charge in [0.05, 0.1) is 5.02 Å². The van der Waals surface area contributed by atoms with Gasteiger partial charge in [-0.2, -0.15) is 11.8 Å². The van der Waals surface area contributed by atoms with Gasteiger partial charge in [-0.3, -0.25) is 9.69 Å². The average Bonchev–Trinajstić information content (AvgIpc) is 2.28. The number of amides is 1. The number of aromatic nitrogens is 1. The smallest absolute Gasteiger partial charge is 0.231 e. The largest absolute Gasteiger partial charge is 0.300 e. The summed E-state index contributed by atoms with van der Waals surface area (Å²) in [6, 6.07) is 3.47. The molecule has 0 saturated carbocycles. The Kier molecular flexibility index (Phi) is 5.09. The van der Waals surface area contributed by atoms with Crippen molar-refractivity contribution in [1.82, 2.24) is 4.98 Å². The average molecular weight is 259 g/mol. The predicted molar refractivity (Wildman–Crippen MR) is 70.2 cm³/mol. The number of halogens is 1. The Balaban J connectivity index is 2.73. The monoisotopic (exact) mass is 258 g/mol. The molecular weight excluding hydrogens is 244 g/mol. The Labute approximate surface area is 105 Å². The molecule has 1 heterocycles. The molecule has 0 spiro atoms. The van der Waals surface area contributed by atoms with Crippen LogP contribution in [0.1, 0.15) is 6.92 Å². The standard InChI is InChI=1S/C11H15ClN2OS/c1-8(7-16-3)11(15)14(2)10-5-4-9(12)6-13-10/h4-6,8H,7H2,1-3H3/t8-/m1/s1. The fourth-order valence-corrected chi connectivity index (χ4v) is 2.09. The molecule has 0 aliphatic rings. The molecule has 0 unspecified atom stereocenters. The highest BCUT2D eigenvalue weighted by atomic mass is 35.5. The van der Waals surface area contributed by atoms with Crippen LogP contribution in [0.3, 0.4) is 0 Å². The highest BCUT2D eigenvalue weighted by Crippen LogP contribution is 2.16. The topological polar surface area (TPSA) is 33.2 Å². The minimum Gasteiger partial charge on any atom is -0.300 e. The lowest BCUT2D eigenvalue weighted by Gasteiger charge is -2.19. The minimum atomic E-state index is -0.00234. The van der Waals surface area contributed by atoms with Gasteiger partial charge in [-0.15, -0.1) is 0 Å². The summed E-state index contributed by atoms with van der Waals surface area (Å²) in [4.78, 5) is 17.6. The fourth-order valence-electron chi connectivity index (χ4n) is 1.33. The number of carbonyl (C=O) groups is 1. The van der Waals surface area contributed by atoms with Crippen molar-refractivity contribution < 1.29 is 4.79 Å². The normalized spacial score (nSPS) is 12.2. The first-order valence-electron chi connectivity index (χ1n) is 4.94. The Bertz CT molecular complexity index is 356. The van der Waals surface area contributed by atoms with Crippen molar-refractivity contribution in [3.63, 3.8) is 0 Å². The van der Waals surface area contributed by atoms with Crippen LogP contribution in [-0.4, -0.2) is 29.9 Å². The molecule has 0 bridgehead atoms. The predicted octanol–water partition coefficient (Wildman–Crippen LogP) is 2.70. The van der Waals surface area contributed by atoms with Crippen molar-refractivity contribution in [3.8, 4) is 0 Å². The highest BCUT2D eigenvalue weighted by Gasteiger charge is 2.18. The number of thioether (sulfide) groups is 1. The van der Waals surface area contributed by atoms with Crippen molar-refractivity contribution >= 4 is 35.1 Å². The van der Waals surface area contributed by atoms with Crippen LogP contribution < -0.4 is 4.90 Å². The first kappa shape index (κ1) is 13.3. The van der Waals surface area contributed by atoms with Crippen molar-refractivity contribution in [2.24, 2.45) is 5.92 Å². The summed E-state index contributed by atoms with van der Waals surface area (Å²) in [7, 11) is 1.73. The number of carbonyl (C=O) groups excluding carboxylic acids is 1. The summed E-state index contributed by atoms with van der Waals surface area (Å²) in [5.74, 6) is 1.51. The summed E-state index contributed by atoms with van der Waals surface area (Å²) in [6.45, 7) is 1.92. The molecular formula is C11H15ClN2OS. The van der Waals surface area contributed by atoms with Crippen LogP contribution >= 0.6 is 23.4 Å². The molecule has 5 heteroatoms. The van der Waals surface area contributed by atoms with Gasteiger partial charge in [0, 0.05) is 24.9 Å². The molecule has 0 N–H and O–H groups in total. The summed E-state index contributed by atoms with van der Waals surface area (Å²) in [5.41, 5.74) is 0. The van der Waals surface area contributed by atoms with E-state index >= 15 is 0 Å². The van der Waals surface area contributed by atoms with E-state index in [4.69, 9.17) is 11.6 Å². The Morgan fingerprint density at radius 3 is 2.81 bits per heavy atom. The molecule has 0 aliphatic heterocycles. The van der Waals surface area contributed by atoms with Gasteiger partial charge in [0.25, 0.3) is 0 Å². The second-order valence-electron chi connectivity index (χ2n) is 3.59. The molecule has 1 atom stereocenters. The second-order valence-corrected chi connectivity index (χ2v) is 4.94. The van der Waals surface area contributed by atoms with E-state index in [9.17, 15) is 4.79 Å². The van der Waals surface area contributed by atoms with E-state index in [2.05, 4.69) is 4.98 Å². The highest BCUT2D eigenvalue weighted by molar-refractivity contribution is 7.98. The summed E-state index contributed by atoms with van der Waals surface area (Å²) < 4.78 is 0. The summed E-state index contributed by atoms with van der Waals surface area (Å²) in [5, 5.41) is 0.571. The van der Waals surface area contributed by atoms with Crippen molar-refractivity contribution in [3.05, 3.63) is 23.4 Å². The van der Waals surface area contributed by atoms with Gasteiger partial charge in [-0.1, -0.05) is 18.5 Å². The van der Waals surface area contributed by atoms with E-state index in [-0.39, 0.29) is 11.8 Å². The van der Waals surface area contributed by atoms with Gasteiger partial charge < -0.3 is 0 Å². The van der Waals surface area contributed by atoms with Crippen LogP contribution in [-0.2, 0) is 4.79 Å². The maximum atomic E-state index is 12.0. The quantitative estimate of drug-likeness (QED) is 0.833. The van der Waals surface area contributed by atoms with E-state index in [1.807, 2.05) is 13.2 Å². The number of hydrogen-bond acceptors (Lipinski definition) is 3. The Morgan fingerprint density at radius 2 is 2.31 bits per heavy atom. The molecule has 1 aromatic rings. The van der Waals surface area contributed by atoms with E-state index in [1.165, 1.54) is 0 Å². The molecule has 16 heavy (non-hydrogen) atoms. The van der Waals surface area contributed by atoms with Gasteiger partial charge in [-0.05, 0) is 18.4 Å². The summed E-state index contributed by atoms with van der Waals surface area (Å²) >= 11 is 7.40. The van der Waals surface area contributed by atoms with Gasteiger partial charge in [0.2, 0.25) is 5.91 Å². The third kappa shape index (κ3) is 3.39. The summed E-state index contributed by atoms with van der Waals surface area (Å²) in [6.07, 6.45) is 3.53. The van der Waals surface area contributed by atoms with Crippen molar-refractivity contribution in [2.45, 2.75) is 6.92 Å². The van der Waals surface area contributed by atoms with E-state index in [0.717, 1.165) is 5.75 Å². The maximum Gasteiger partial charge on any atom is 0.231 e. The Hall–Kier alpha value is -0.740. The lowest BCUT2D eigenvalue weighted by Crippen LogP contribution is -2.33. The lowest BCUT2D eigenvalue weighted by atomic mass is 10.2. The first-order valence-corrected chi connectivity index (χ1v) is 6.71. The molecule has 0 radical (unpaired) electrons. The van der Waals surface area contributed by atoms with Gasteiger partial charge in [-0.25, -0.2) is 4.98 Å². The third-order valence-electron chi connectivity index (χ3n) is 2.22. The van der Waals surface area contributed by atoms with Crippen LogP contribution in [0, 0.1) is 5.92 Å². The lowest BCUT2D eigenvalue weighted by molar-refractivity contribution is -0.121.